The molecule has 0 radical (unpaired) electrons. The van der Waals surface area contributed by atoms with Gasteiger partial charge in [0.15, 0.2) is 10.9 Å². The predicted molar refractivity (Wildman–Crippen MR) is 97.0 cm³/mol. The standard InChI is InChI=1S/C18H18N4O2S/c1-3-10-25-18-20-17(23)15-12-6-4-5-7-13(12)19-16(22(15)21-18)14-9-8-11(2)24-14/h4-9,16H,3,10H2,1-2H3,(H,20,21,23). The topological polar surface area (TPSA) is 70.2 Å². The van der Waals surface area contributed by atoms with Crippen LogP contribution in [-0.2, 0) is 4.79 Å². The van der Waals surface area contributed by atoms with E-state index in [2.05, 4.69) is 17.3 Å². The van der Waals surface area contributed by atoms with Crippen LogP contribution in [0.2, 0.25) is 0 Å². The van der Waals surface area contributed by atoms with Crippen LogP contribution in [-0.4, -0.2) is 21.8 Å². The molecule has 1 aromatic heterocycles. The Morgan fingerprint density at radius 2 is 2.12 bits per heavy atom. The number of nitrogens with zero attached hydrogens (tertiary/aromatic N) is 3. The SMILES string of the molecule is CCCSC1=NN2C(=c3ccccc3=NC2c2ccc(C)o2)C(=O)N1. The van der Waals surface area contributed by atoms with E-state index < -0.39 is 6.17 Å². The maximum atomic E-state index is 12.8. The fourth-order valence-corrected chi connectivity index (χ4v) is 3.58. The number of amidine groups is 1. The van der Waals surface area contributed by atoms with Crippen LogP contribution in [0, 0.1) is 6.92 Å². The molecule has 2 aromatic rings. The smallest absolute Gasteiger partial charge is 0.276 e. The van der Waals surface area contributed by atoms with Crippen LogP contribution in [0.5, 0.6) is 0 Å². The third-order valence-electron chi connectivity index (χ3n) is 3.97. The van der Waals surface area contributed by atoms with Crippen molar-refractivity contribution in [1.29, 1.82) is 0 Å². The normalized spacial score (nSPS) is 18.9. The molecule has 3 heterocycles. The molecule has 0 saturated carbocycles. The molecule has 128 valence electrons. The third kappa shape index (κ3) is 2.84. The van der Waals surface area contributed by atoms with Crippen molar-refractivity contribution in [1.82, 2.24) is 10.3 Å². The largest absolute Gasteiger partial charge is 0.462 e. The van der Waals surface area contributed by atoms with Crippen molar-refractivity contribution in [2.75, 3.05) is 5.75 Å². The molecule has 1 aromatic carbocycles. The second kappa shape index (κ2) is 6.40. The molecule has 2 aliphatic rings. The maximum absolute atomic E-state index is 12.8. The molecule has 1 N–H and O–H groups in total. The van der Waals surface area contributed by atoms with Crippen LogP contribution < -0.4 is 15.9 Å². The minimum atomic E-state index is -0.484. The van der Waals surface area contributed by atoms with Crippen molar-refractivity contribution in [3.63, 3.8) is 0 Å². The molecule has 6 nitrogen and oxygen atoms in total. The first kappa shape index (κ1) is 16.0. The van der Waals surface area contributed by atoms with Gasteiger partial charge in [-0.3, -0.25) is 10.1 Å². The molecule has 1 amide bonds. The molecular formula is C18H18N4O2S. The van der Waals surface area contributed by atoms with E-state index in [0.717, 1.165) is 28.5 Å². The second-order valence-corrected chi connectivity index (χ2v) is 6.95. The van der Waals surface area contributed by atoms with E-state index in [1.807, 2.05) is 43.3 Å². The Labute approximate surface area is 149 Å². The van der Waals surface area contributed by atoms with Gasteiger partial charge in [-0.15, -0.1) is 5.10 Å². The molecule has 7 heteroatoms. The average Bonchev–Trinajstić information content (AvgIpc) is 3.05. The molecule has 0 bridgehead atoms. The number of carbonyl (C=O) groups is 1. The first-order valence-corrected chi connectivity index (χ1v) is 9.21. The minimum absolute atomic E-state index is 0.163. The molecule has 2 aliphatic heterocycles. The number of rotatable bonds is 3. The maximum Gasteiger partial charge on any atom is 0.276 e. The first-order chi connectivity index (χ1) is 12.2. The zero-order valence-electron chi connectivity index (χ0n) is 14.0. The molecule has 4 rings (SSSR count). The van der Waals surface area contributed by atoms with E-state index in [0.29, 0.717) is 16.6 Å². The van der Waals surface area contributed by atoms with Gasteiger partial charge in [0.25, 0.3) is 5.91 Å². The number of thioether (sulfide) groups is 1. The third-order valence-corrected chi connectivity index (χ3v) is 5.04. The molecule has 1 atom stereocenters. The van der Waals surface area contributed by atoms with Crippen LogP contribution in [0.4, 0.5) is 0 Å². The summed E-state index contributed by atoms with van der Waals surface area (Å²) < 4.78 is 5.78. The van der Waals surface area contributed by atoms with E-state index in [-0.39, 0.29) is 5.91 Å². The lowest BCUT2D eigenvalue weighted by Gasteiger charge is -2.32. The summed E-state index contributed by atoms with van der Waals surface area (Å²) >= 11 is 1.53. The number of nitrogens with one attached hydrogen (secondary N) is 1. The van der Waals surface area contributed by atoms with Gasteiger partial charge in [-0.2, -0.15) is 0 Å². The van der Waals surface area contributed by atoms with Crippen molar-refractivity contribution in [3.8, 4) is 0 Å². The summed E-state index contributed by atoms with van der Waals surface area (Å²) in [5.41, 5.74) is 0.505. The quantitative estimate of drug-likeness (QED) is 0.914. The van der Waals surface area contributed by atoms with Gasteiger partial charge in [-0.1, -0.05) is 36.9 Å². The van der Waals surface area contributed by atoms with Crippen LogP contribution in [0.25, 0.3) is 5.70 Å². The number of benzene rings is 1. The van der Waals surface area contributed by atoms with E-state index >= 15 is 0 Å². The Bertz CT molecular complexity index is 979. The molecular weight excluding hydrogens is 336 g/mol. The van der Waals surface area contributed by atoms with Gasteiger partial charge >= 0.3 is 0 Å². The number of para-hydroxylation sites is 1. The van der Waals surface area contributed by atoms with Crippen molar-refractivity contribution in [3.05, 3.63) is 58.5 Å². The average molecular weight is 354 g/mol. The highest BCUT2D eigenvalue weighted by molar-refractivity contribution is 8.13. The summed E-state index contributed by atoms with van der Waals surface area (Å²) in [6.07, 6.45) is 0.520. The van der Waals surface area contributed by atoms with E-state index in [4.69, 9.17) is 9.41 Å². The van der Waals surface area contributed by atoms with Crippen molar-refractivity contribution in [2.45, 2.75) is 26.4 Å². The lowest BCUT2D eigenvalue weighted by atomic mass is 10.1. The first-order valence-electron chi connectivity index (χ1n) is 8.23. The lowest BCUT2D eigenvalue weighted by Crippen LogP contribution is -2.50. The van der Waals surface area contributed by atoms with Crippen LogP contribution >= 0.6 is 11.8 Å². The Kier molecular flexibility index (Phi) is 4.09. The van der Waals surface area contributed by atoms with Gasteiger partial charge < -0.3 is 4.42 Å². The van der Waals surface area contributed by atoms with Gasteiger partial charge in [0.1, 0.15) is 11.5 Å². The zero-order chi connectivity index (χ0) is 17.4. The van der Waals surface area contributed by atoms with Crippen LogP contribution in [0.15, 0.2) is 50.9 Å². The Hall–Kier alpha value is -2.54. The number of hydrazone groups is 1. The Balaban J connectivity index is 1.89. The Morgan fingerprint density at radius 1 is 1.28 bits per heavy atom. The Morgan fingerprint density at radius 3 is 2.88 bits per heavy atom. The van der Waals surface area contributed by atoms with Crippen molar-refractivity contribution >= 4 is 28.5 Å². The zero-order valence-corrected chi connectivity index (χ0v) is 14.8. The number of fused-ring (bicyclic) bond motifs is 2. The molecule has 25 heavy (non-hydrogen) atoms. The summed E-state index contributed by atoms with van der Waals surface area (Å²) in [7, 11) is 0. The van der Waals surface area contributed by atoms with Crippen molar-refractivity contribution in [2.24, 2.45) is 10.1 Å². The summed E-state index contributed by atoms with van der Waals surface area (Å²) in [5, 5.41) is 11.4. The summed E-state index contributed by atoms with van der Waals surface area (Å²) in [5.74, 6) is 2.20. The second-order valence-electron chi connectivity index (χ2n) is 5.87. The summed E-state index contributed by atoms with van der Waals surface area (Å²) in [6.45, 7) is 3.98. The molecule has 1 unspecified atom stereocenters. The van der Waals surface area contributed by atoms with Gasteiger partial charge in [0.2, 0.25) is 6.17 Å². The monoisotopic (exact) mass is 354 g/mol. The lowest BCUT2D eigenvalue weighted by molar-refractivity contribution is -0.116. The van der Waals surface area contributed by atoms with Crippen molar-refractivity contribution < 1.29 is 9.21 Å². The highest BCUT2D eigenvalue weighted by Crippen LogP contribution is 2.31. The van der Waals surface area contributed by atoms with Crippen LogP contribution in [0.1, 0.15) is 31.0 Å². The summed E-state index contributed by atoms with van der Waals surface area (Å²) in [4.78, 5) is 17.6. The fraction of sp³-hybridized carbons (Fsp3) is 0.278. The van der Waals surface area contributed by atoms with E-state index in [1.54, 1.807) is 5.01 Å². The predicted octanol–water partition coefficient (Wildman–Crippen LogP) is 1.87. The molecule has 0 fully saturated rings. The van der Waals surface area contributed by atoms with E-state index in [1.165, 1.54) is 11.8 Å². The van der Waals surface area contributed by atoms with Gasteiger partial charge in [-0.25, -0.2) is 10.0 Å². The minimum Gasteiger partial charge on any atom is -0.462 e. The van der Waals surface area contributed by atoms with Gasteiger partial charge in [-0.05, 0) is 31.5 Å². The van der Waals surface area contributed by atoms with Gasteiger partial charge in [0, 0.05) is 11.0 Å². The number of carbonyl (C=O) groups excluding carboxylic acids is 1. The molecule has 0 spiro atoms. The number of hydrogen-bond donors (Lipinski definition) is 1. The molecule has 0 aliphatic carbocycles. The highest BCUT2D eigenvalue weighted by atomic mass is 32.2. The number of aryl methyl sites for hydroxylation is 1. The molecule has 0 saturated heterocycles. The summed E-state index contributed by atoms with van der Waals surface area (Å²) in [6, 6.07) is 11.4. The number of amides is 1. The number of furan rings is 1. The highest BCUT2D eigenvalue weighted by Gasteiger charge is 2.35. The fourth-order valence-electron chi connectivity index (χ4n) is 2.87. The number of hydrogen-bond acceptors (Lipinski definition) is 6. The van der Waals surface area contributed by atoms with Gasteiger partial charge in [0.05, 0.1) is 5.36 Å². The van der Waals surface area contributed by atoms with E-state index in [9.17, 15) is 4.79 Å². The van der Waals surface area contributed by atoms with Crippen LogP contribution in [0.3, 0.4) is 0 Å².